The van der Waals surface area contributed by atoms with Crippen molar-refractivity contribution in [2.24, 2.45) is 14.1 Å². The molecule has 0 aliphatic heterocycles. The number of carbonyl (C=O) groups is 1. The summed E-state index contributed by atoms with van der Waals surface area (Å²) in [6, 6.07) is 3.56. The van der Waals surface area contributed by atoms with Crippen LogP contribution >= 0.6 is 11.3 Å². The van der Waals surface area contributed by atoms with Crippen molar-refractivity contribution in [1.29, 1.82) is 0 Å². The lowest BCUT2D eigenvalue weighted by Gasteiger charge is -2.06. The average Bonchev–Trinajstić information content (AvgIpc) is 3.14. The first-order chi connectivity index (χ1) is 10.5. The third kappa shape index (κ3) is 2.84. The van der Waals surface area contributed by atoms with Gasteiger partial charge in [-0.1, -0.05) is 0 Å². The molecule has 3 aromatic heterocycles. The number of rotatable bonds is 4. The lowest BCUT2D eigenvalue weighted by molar-refractivity contribution is 0.102. The molecule has 0 radical (unpaired) electrons. The van der Waals surface area contributed by atoms with Crippen LogP contribution in [0.2, 0.25) is 0 Å². The fourth-order valence-electron chi connectivity index (χ4n) is 1.94. The normalized spacial score (nSPS) is 10.7. The smallest absolute Gasteiger partial charge is 0.278 e. The molecule has 0 saturated carbocycles. The second-order valence-corrected chi connectivity index (χ2v) is 5.91. The van der Waals surface area contributed by atoms with Gasteiger partial charge in [-0.3, -0.25) is 14.2 Å². The predicted molar refractivity (Wildman–Crippen MR) is 84.5 cm³/mol. The van der Waals surface area contributed by atoms with E-state index in [1.807, 2.05) is 20.0 Å². The monoisotopic (exact) mass is 317 g/mol. The lowest BCUT2D eigenvalue weighted by Crippen LogP contribution is -2.15. The summed E-state index contributed by atoms with van der Waals surface area (Å²) < 4.78 is 3.31. The molecular formula is C13H15N7OS. The number of thiazole rings is 1. The number of aryl methyl sites for hydroxylation is 3. The molecule has 3 rings (SSSR count). The molecule has 0 spiro atoms. The van der Waals surface area contributed by atoms with E-state index in [1.54, 1.807) is 34.9 Å². The number of nitrogens with one attached hydrogen (secondary N) is 2. The van der Waals surface area contributed by atoms with Crippen molar-refractivity contribution in [3.8, 4) is 0 Å². The molecule has 3 heterocycles. The highest BCUT2D eigenvalue weighted by Crippen LogP contribution is 2.28. The van der Waals surface area contributed by atoms with E-state index >= 15 is 0 Å². The summed E-state index contributed by atoms with van der Waals surface area (Å²) in [5.74, 6) is 0.980. The SMILES string of the molecule is Cc1nc(C(=O)Nc2ccn(C)n2)c(Nc2ccnn2C)s1. The quantitative estimate of drug-likeness (QED) is 0.767. The molecule has 1 amide bonds. The lowest BCUT2D eigenvalue weighted by atomic mass is 10.4. The van der Waals surface area contributed by atoms with Gasteiger partial charge in [0.05, 0.1) is 11.2 Å². The van der Waals surface area contributed by atoms with E-state index in [2.05, 4.69) is 25.8 Å². The number of hydrogen-bond donors (Lipinski definition) is 2. The summed E-state index contributed by atoms with van der Waals surface area (Å²) in [5.41, 5.74) is 0.342. The fourth-order valence-corrected chi connectivity index (χ4v) is 2.76. The molecular weight excluding hydrogens is 302 g/mol. The molecule has 0 unspecified atom stereocenters. The standard InChI is InChI=1S/C13H15N7OS/c1-8-15-11(12(21)16-9-5-7-19(2)18-9)13(22-8)17-10-4-6-14-20(10)3/h4-7,17H,1-3H3,(H,16,18,21). The van der Waals surface area contributed by atoms with E-state index in [0.29, 0.717) is 16.5 Å². The highest BCUT2D eigenvalue weighted by molar-refractivity contribution is 7.16. The zero-order valence-electron chi connectivity index (χ0n) is 12.4. The minimum Gasteiger partial charge on any atom is -0.330 e. The maximum atomic E-state index is 12.4. The highest BCUT2D eigenvalue weighted by Gasteiger charge is 2.18. The largest absolute Gasteiger partial charge is 0.330 e. The van der Waals surface area contributed by atoms with Gasteiger partial charge in [0.2, 0.25) is 0 Å². The summed E-state index contributed by atoms with van der Waals surface area (Å²) in [6.45, 7) is 1.86. The van der Waals surface area contributed by atoms with Crippen molar-refractivity contribution < 1.29 is 4.79 Å². The van der Waals surface area contributed by atoms with Crippen LogP contribution in [0.25, 0.3) is 0 Å². The van der Waals surface area contributed by atoms with Crippen molar-refractivity contribution in [3.05, 3.63) is 35.2 Å². The Morgan fingerprint density at radius 1 is 1.32 bits per heavy atom. The molecule has 0 fully saturated rings. The molecule has 0 aliphatic carbocycles. The Labute approximate surface area is 130 Å². The molecule has 114 valence electrons. The van der Waals surface area contributed by atoms with E-state index < -0.39 is 0 Å². The number of amides is 1. The van der Waals surface area contributed by atoms with Gasteiger partial charge >= 0.3 is 0 Å². The Bertz CT molecular complexity index is 816. The third-order valence-corrected chi connectivity index (χ3v) is 3.85. The minimum atomic E-state index is -0.298. The Morgan fingerprint density at radius 2 is 2.14 bits per heavy atom. The van der Waals surface area contributed by atoms with Crippen LogP contribution in [0.15, 0.2) is 24.5 Å². The van der Waals surface area contributed by atoms with Crippen molar-refractivity contribution in [2.75, 3.05) is 10.6 Å². The van der Waals surface area contributed by atoms with Crippen LogP contribution in [0.1, 0.15) is 15.5 Å². The summed E-state index contributed by atoms with van der Waals surface area (Å²) in [6.07, 6.45) is 3.45. The molecule has 8 nitrogen and oxygen atoms in total. The number of aromatic nitrogens is 5. The second-order valence-electron chi connectivity index (χ2n) is 4.70. The van der Waals surface area contributed by atoms with E-state index in [1.165, 1.54) is 11.3 Å². The number of anilines is 3. The van der Waals surface area contributed by atoms with Crippen LogP contribution in [-0.4, -0.2) is 30.5 Å². The highest BCUT2D eigenvalue weighted by atomic mass is 32.1. The van der Waals surface area contributed by atoms with Gasteiger partial charge in [-0.15, -0.1) is 11.3 Å². The zero-order valence-corrected chi connectivity index (χ0v) is 13.2. The van der Waals surface area contributed by atoms with Gasteiger partial charge < -0.3 is 10.6 Å². The molecule has 0 bridgehead atoms. The molecule has 3 aromatic rings. The maximum absolute atomic E-state index is 12.4. The molecule has 0 saturated heterocycles. The van der Waals surface area contributed by atoms with Crippen LogP contribution in [0.4, 0.5) is 16.6 Å². The van der Waals surface area contributed by atoms with Gasteiger partial charge in [0.15, 0.2) is 11.5 Å². The number of nitrogens with zero attached hydrogens (tertiary/aromatic N) is 5. The van der Waals surface area contributed by atoms with Gasteiger partial charge in [0.1, 0.15) is 10.8 Å². The summed E-state index contributed by atoms with van der Waals surface area (Å²) >= 11 is 1.42. The van der Waals surface area contributed by atoms with Crippen molar-refractivity contribution in [3.63, 3.8) is 0 Å². The minimum absolute atomic E-state index is 0.298. The molecule has 0 aromatic carbocycles. The van der Waals surface area contributed by atoms with E-state index in [-0.39, 0.29) is 5.91 Å². The van der Waals surface area contributed by atoms with Gasteiger partial charge in [0.25, 0.3) is 5.91 Å². The van der Waals surface area contributed by atoms with Gasteiger partial charge in [-0.25, -0.2) is 4.98 Å². The zero-order chi connectivity index (χ0) is 15.7. The van der Waals surface area contributed by atoms with Crippen LogP contribution in [0.5, 0.6) is 0 Å². The molecule has 22 heavy (non-hydrogen) atoms. The van der Waals surface area contributed by atoms with Crippen LogP contribution in [0, 0.1) is 6.92 Å². The summed E-state index contributed by atoms with van der Waals surface area (Å²) in [4.78, 5) is 16.7. The first-order valence-corrected chi connectivity index (χ1v) is 7.38. The van der Waals surface area contributed by atoms with Gasteiger partial charge in [-0.05, 0) is 6.92 Å². The van der Waals surface area contributed by atoms with Crippen LogP contribution < -0.4 is 10.6 Å². The molecule has 0 atom stereocenters. The predicted octanol–water partition coefficient (Wildman–Crippen LogP) is 1.91. The van der Waals surface area contributed by atoms with Crippen molar-refractivity contribution >= 4 is 33.9 Å². The third-order valence-electron chi connectivity index (χ3n) is 2.97. The van der Waals surface area contributed by atoms with Gasteiger partial charge in [0, 0.05) is 32.4 Å². The van der Waals surface area contributed by atoms with E-state index in [0.717, 1.165) is 10.8 Å². The number of carbonyl (C=O) groups excluding carboxylic acids is 1. The topological polar surface area (TPSA) is 89.7 Å². The van der Waals surface area contributed by atoms with E-state index in [4.69, 9.17) is 0 Å². The molecule has 2 N–H and O–H groups in total. The van der Waals surface area contributed by atoms with E-state index in [9.17, 15) is 4.79 Å². The molecule has 0 aliphatic rings. The maximum Gasteiger partial charge on any atom is 0.278 e. The van der Waals surface area contributed by atoms with Crippen LogP contribution in [-0.2, 0) is 14.1 Å². The first-order valence-electron chi connectivity index (χ1n) is 6.56. The summed E-state index contributed by atoms with van der Waals surface area (Å²) in [5, 5.41) is 15.6. The Kier molecular flexibility index (Phi) is 3.63. The van der Waals surface area contributed by atoms with Crippen molar-refractivity contribution in [1.82, 2.24) is 24.5 Å². The van der Waals surface area contributed by atoms with Gasteiger partial charge in [-0.2, -0.15) is 10.2 Å². The van der Waals surface area contributed by atoms with Crippen molar-refractivity contribution in [2.45, 2.75) is 6.92 Å². The number of hydrogen-bond acceptors (Lipinski definition) is 6. The average molecular weight is 317 g/mol. The van der Waals surface area contributed by atoms with Crippen LogP contribution in [0.3, 0.4) is 0 Å². The second kappa shape index (κ2) is 5.60. The first kappa shape index (κ1) is 14.3. The molecule has 9 heteroatoms. The Balaban J connectivity index is 1.84. The fraction of sp³-hybridized carbons (Fsp3) is 0.231. The summed E-state index contributed by atoms with van der Waals surface area (Å²) in [7, 11) is 3.61. The Hall–Kier alpha value is -2.68. The Morgan fingerprint density at radius 3 is 2.77 bits per heavy atom.